The van der Waals surface area contributed by atoms with Crippen molar-refractivity contribution in [2.45, 2.75) is 58.2 Å². The van der Waals surface area contributed by atoms with E-state index in [0.29, 0.717) is 28.2 Å². The molecule has 0 aliphatic heterocycles. The second-order valence-electron chi connectivity index (χ2n) is 9.01. The highest BCUT2D eigenvalue weighted by Gasteiger charge is 2.43. The molecule has 164 valence electrons. The van der Waals surface area contributed by atoms with Gasteiger partial charge in [-0.25, -0.2) is 14.5 Å². The van der Waals surface area contributed by atoms with E-state index in [1.165, 1.54) is 18.5 Å². The summed E-state index contributed by atoms with van der Waals surface area (Å²) in [5.74, 6) is -0.976. The maximum atomic E-state index is 13.2. The summed E-state index contributed by atoms with van der Waals surface area (Å²) in [5.41, 5.74) is 7.56. The fourth-order valence-corrected chi connectivity index (χ4v) is 4.28. The van der Waals surface area contributed by atoms with Crippen LogP contribution in [0.25, 0.3) is 16.9 Å². The third kappa shape index (κ3) is 3.85. The number of aliphatic hydroxyl groups is 1. The third-order valence-electron chi connectivity index (χ3n) is 6.07. The van der Waals surface area contributed by atoms with E-state index in [1.807, 2.05) is 27.7 Å². The normalized spacial score (nSPS) is 18.9. The fraction of sp³-hybridized carbons (Fsp3) is 0.455. The smallest absolute Gasteiger partial charge is 0.252 e. The van der Waals surface area contributed by atoms with Crippen LogP contribution in [0, 0.1) is 11.9 Å². The van der Waals surface area contributed by atoms with E-state index in [4.69, 9.17) is 10.7 Å². The molecule has 8 nitrogen and oxygen atoms in total. The van der Waals surface area contributed by atoms with E-state index in [2.05, 4.69) is 15.0 Å². The summed E-state index contributed by atoms with van der Waals surface area (Å²) in [5, 5.41) is 14.7. The van der Waals surface area contributed by atoms with E-state index in [1.54, 1.807) is 16.8 Å². The Morgan fingerprint density at radius 2 is 2.03 bits per heavy atom. The molecule has 0 bridgehead atoms. The van der Waals surface area contributed by atoms with Crippen LogP contribution >= 0.6 is 0 Å². The van der Waals surface area contributed by atoms with Crippen molar-refractivity contribution < 1.29 is 14.3 Å². The molecule has 1 amide bonds. The second kappa shape index (κ2) is 7.56. The Bertz CT molecular complexity index is 1110. The van der Waals surface area contributed by atoms with Gasteiger partial charge in [0.25, 0.3) is 5.91 Å². The maximum Gasteiger partial charge on any atom is 0.252 e. The molecule has 1 aliphatic carbocycles. The lowest BCUT2D eigenvalue weighted by molar-refractivity contribution is -0.0279. The number of halogens is 1. The van der Waals surface area contributed by atoms with Gasteiger partial charge in [-0.15, -0.1) is 0 Å². The molecule has 9 heteroatoms. The van der Waals surface area contributed by atoms with Crippen molar-refractivity contribution in [1.29, 1.82) is 0 Å². The number of rotatable bonds is 6. The largest absolute Gasteiger partial charge is 0.390 e. The quantitative estimate of drug-likeness (QED) is 0.587. The lowest BCUT2D eigenvalue weighted by Crippen LogP contribution is -2.54. The van der Waals surface area contributed by atoms with Gasteiger partial charge >= 0.3 is 0 Å². The number of amides is 1. The van der Waals surface area contributed by atoms with Gasteiger partial charge in [-0.3, -0.25) is 4.79 Å². The molecule has 1 fully saturated rings. The Labute approximate surface area is 179 Å². The molecule has 3 N–H and O–H groups in total. The zero-order valence-corrected chi connectivity index (χ0v) is 18.1. The van der Waals surface area contributed by atoms with Crippen LogP contribution in [0.4, 0.5) is 10.1 Å². The van der Waals surface area contributed by atoms with Crippen LogP contribution in [-0.4, -0.2) is 48.3 Å². The summed E-state index contributed by atoms with van der Waals surface area (Å²) in [6.07, 6.45) is 6.18. The van der Waals surface area contributed by atoms with Gasteiger partial charge in [-0.1, -0.05) is 0 Å². The molecule has 1 aliphatic rings. The number of fused-ring (bicyclic) bond motifs is 1. The minimum absolute atomic E-state index is 0.0599. The van der Waals surface area contributed by atoms with Crippen molar-refractivity contribution in [3.05, 3.63) is 42.2 Å². The van der Waals surface area contributed by atoms with Crippen LogP contribution in [0.2, 0.25) is 0 Å². The number of imidazole rings is 1. The monoisotopic (exact) mass is 426 g/mol. The first-order chi connectivity index (χ1) is 14.6. The van der Waals surface area contributed by atoms with Crippen molar-refractivity contribution in [2.75, 3.05) is 4.90 Å². The minimum Gasteiger partial charge on any atom is -0.390 e. The summed E-state index contributed by atoms with van der Waals surface area (Å²) in [7, 11) is 0. The molecule has 3 aromatic heterocycles. The van der Waals surface area contributed by atoms with Crippen LogP contribution in [-0.2, 0) is 0 Å². The van der Waals surface area contributed by atoms with Crippen molar-refractivity contribution in [2.24, 2.45) is 11.7 Å². The predicted octanol–water partition coefficient (Wildman–Crippen LogP) is 2.79. The van der Waals surface area contributed by atoms with E-state index < -0.39 is 17.5 Å². The number of pyridine rings is 1. The molecular formula is C22H27FN6O2. The first kappa shape index (κ1) is 21.2. The van der Waals surface area contributed by atoms with Gasteiger partial charge in [-0.05, 0) is 58.6 Å². The van der Waals surface area contributed by atoms with Crippen molar-refractivity contribution in [3.63, 3.8) is 0 Å². The predicted molar refractivity (Wildman–Crippen MR) is 115 cm³/mol. The summed E-state index contributed by atoms with van der Waals surface area (Å²) in [6.45, 7) is 7.75. The number of aromatic nitrogens is 4. The molecule has 0 unspecified atom stereocenters. The first-order valence-electron chi connectivity index (χ1n) is 10.4. The highest BCUT2D eigenvalue weighted by Crippen LogP contribution is 2.43. The molecule has 0 spiro atoms. The lowest BCUT2D eigenvalue weighted by Gasteiger charge is -2.50. The number of anilines is 1. The van der Waals surface area contributed by atoms with Crippen LogP contribution in [0.15, 0.2) is 30.7 Å². The minimum atomic E-state index is -0.755. The van der Waals surface area contributed by atoms with Gasteiger partial charge in [0.1, 0.15) is 0 Å². The fourth-order valence-electron chi connectivity index (χ4n) is 4.28. The molecule has 0 radical (unpaired) electrons. The molecule has 3 aromatic rings. The number of nitrogens with two attached hydrogens (primary N) is 1. The van der Waals surface area contributed by atoms with E-state index in [0.717, 1.165) is 12.8 Å². The average Bonchev–Trinajstić information content (AvgIpc) is 3.07. The molecule has 0 aromatic carbocycles. The Morgan fingerprint density at radius 1 is 1.32 bits per heavy atom. The number of hydrogen-bond donors (Lipinski definition) is 2. The number of primary amides is 1. The number of carbonyl (C=O) groups is 1. The van der Waals surface area contributed by atoms with E-state index in [-0.39, 0.29) is 18.0 Å². The van der Waals surface area contributed by atoms with E-state index >= 15 is 0 Å². The van der Waals surface area contributed by atoms with Crippen molar-refractivity contribution in [1.82, 2.24) is 19.6 Å². The summed E-state index contributed by atoms with van der Waals surface area (Å²) < 4.78 is 14.8. The Hall–Kier alpha value is -3.07. The Kier molecular flexibility index (Phi) is 5.17. The molecule has 1 saturated carbocycles. The molecule has 3 heterocycles. The molecule has 4 rings (SSSR count). The molecule has 0 saturated heterocycles. The highest BCUT2D eigenvalue weighted by molar-refractivity contribution is 6.01. The topological polar surface area (TPSA) is 110 Å². The Morgan fingerprint density at radius 3 is 2.58 bits per heavy atom. The summed E-state index contributed by atoms with van der Waals surface area (Å²) in [6, 6.07) is 3.06. The van der Waals surface area contributed by atoms with Gasteiger partial charge in [0.15, 0.2) is 5.65 Å². The lowest BCUT2D eigenvalue weighted by atomic mass is 9.70. The second-order valence-corrected chi connectivity index (χ2v) is 9.01. The molecular weight excluding hydrogens is 399 g/mol. The third-order valence-corrected chi connectivity index (χ3v) is 6.07. The number of hydrogen-bond acceptors (Lipinski definition) is 6. The zero-order valence-electron chi connectivity index (χ0n) is 18.1. The van der Waals surface area contributed by atoms with Crippen LogP contribution in [0.5, 0.6) is 0 Å². The average molecular weight is 426 g/mol. The Balaban J connectivity index is 1.82. The standard InChI is InChI=1S/C22H27FN6O2/c1-12(2)29(15-7-14(8-15)22(3,4)31)19-16(20(24)30)10-26-28-11-17(27-21(19)28)13-5-6-18(23)25-9-13/h5-6,9-12,14-15,31H,7-8H2,1-4H3,(H2,24,30). The summed E-state index contributed by atoms with van der Waals surface area (Å²) >= 11 is 0. The number of nitrogens with zero attached hydrogens (tertiary/aromatic N) is 5. The maximum absolute atomic E-state index is 13.2. The zero-order chi connectivity index (χ0) is 22.5. The van der Waals surface area contributed by atoms with Gasteiger partial charge < -0.3 is 15.7 Å². The molecule has 0 atom stereocenters. The van der Waals surface area contributed by atoms with Gasteiger partial charge in [0, 0.05) is 23.8 Å². The van der Waals surface area contributed by atoms with Gasteiger partial charge in [-0.2, -0.15) is 9.49 Å². The van der Waals surface area contributed by atoms with Gasteiger partial charge in [0.2, 0.25) is 5.95 Å². The first-order valence-corrected chi connectivity index (χ1v) is 10.4. The van der Waals surface area contributed by atoms with Crippen molar-refractivity contribution >= 4 is 17.2 Å². The van der Waals surface area contributed by atoms with Crippen LogP contribution in [0.1, 0.15) is 50.9 Å². The summed E-state index contributed by atoms with van der Waals surface area (Å²) in [4.78, 5) is 22.8. The number of carbonyl (C=O) groups excluding carboxylic acids is 1. The van der Waals surface area contributed by atoms with Crippen LogP contribution in [0.3, 0.4) is 0 Å². The molecule has 31 heavy (non-hydrogen) atoms. The SMILES string of the molecule is CC(C)N(c1c(C(N)=O)cnn2cc(-c3ccc(F)nc3)nc12)C1CC(C(C)(C)O)C1. The van der Waals surface area contributed by atoms with E-state index in [9.17, 15) is 14.3 Å². The van der Waals surface area contributed by atoms with Gasteiger partial charge in [0.05, 0.1) is 34.9 Å². The van der Waals surface area contributed by atoms with Crippen LogP contribution < -0.4 is 10.6 Å². The highest BCUT2D eigenvalue weighted by atomic mass is 19.1. The van der Waals surface area contributed by atoms with Crippen molar-refractivity contribution in [3.8, 4) is 11.3 Å².